The highest BCUT2D eigenvalue weighted by molar-refractivity contribution is 5.53. The SMILES string of the molecule is Cc1cccc(-c2nnc(CN(C)C3CNC3)o2)c1. The van der Waals surface area contributed by atoms with Gasteiger partial charge < -0.3 is 9.73 Å². The van der Waals surface area contributed by atoms with E-state index in [1.807, 2.05) is 12.1 Å². The van der Waals surface area contributed by atoms with Gasteiger partial charge in [-0.2, -0.15) is 0 Å². The van der Waals surface area contributed by atoms with Crippen LogP contribution in [0.4, 0.5) is 0 Å². The van der Waals surface area contributed by atoms with Crippen LogP contribution in [0.15, 0.2) is 28.7 Å². The Bertz CT molecular complexity index is 562. The molecular weight excluding hydrogens is 240 g/mol. The number of aromatic nitrogens is 2. The maximum Gasteiger partial charge on any atom is 0.247 e. The first-order chi connectivity index (χ1) is 9.22. The van der Waals surface area contributed by atoms with Crippen LogP contribution in [-0.2, 0) is 6.54 Å². The molecule has 1 aliphatic heterocycles. The summed E-state index contributed by atoms with van der Waals surface area (Å²) in [6, 6.07) is 8.67. The van der Waals surface area contributed by atoms with Gasteiger partial charge in [0, 0.05) is 24.7 Å². The zero-order chi connectivity index (χ0) is 13.2. The van der Waals surface area contributed by atoms with E-state index >= 15 is 0 Å². The molecule has 2 aromatic rings. The summed E-state index contributed by atoms with van der Waals surface area (Å²) >= 11 is 0. The fourth-order valence-corrected chi connectivity index (χ4v) is 2.14. The molecule has 0 bridgehead atoms. The Labute approximate surface area is 112 Å². The number of hydrogen-bond donors (Lipinski definition) is 1. The molecule has 0 unspecified atom stereocenters. The van der Waals surface area contributed by atoms with Crippen molar-refractivity contribution in [3.8, 4) is 11.5 Å². The van der Waals surface area contributed by atoms with E-state index in [1.165, 1.54) is 5.56 Å². The minimum Gasteiger partial charge on any atom is -0.419 e. The fourth-order valence-electron chi connectivity index (χ4n) is 2.14. The second kappa shape index (κ2) is 5.11. The van der Waals surface area contributed by atoms with Gasteiger partial charge in [0.25, 0.3) is 0 Å². The van der Waals surface area contributed by atoms with Gasteiger partial charge in [-0.1, -0.05) is 17.7 Å². The standard InChI is InChI=1S/C14H18N4O/c1-10-4-3-5-11(6-10)14-17-16-13(19-14)9-18(2)12-7-15-8-12/h3-6,12,15H,7-9H2,1-2H3. The Morgan fingerprint density at radius 2 is 2.21 bits per heavy atom. The lowest BCUT2D eigenvalue weighted by Gasteiger charge is -2.34. The Hall–Kier alpha value is -1.72. The molecule has 0 aliphatic carbocycles. The zero-order valence-electron chi connectivity index (χ0n) is 11.3. The average Bonchev–Trinajstić information content (AvgIpc) is 2.75. The van der Waals surface area contributed by atoms with Crippen LogP contribution >= 0.6 is 0 Å². The number of nitrogens with one attached hydrogen (secondary N) is 1. The molecule has 1 aliphatic rings. The first-order valence-electron chi connectivity index (χ1n) is 6.53. The third-order valence-electron chi connectivity index (χ3n) is 3.50. The summed E-state index contributed by atoms with van der Waals surface area (Å²) in [5.74, 6) is 1.27. The molecule has 0 amide bonds. The van der Waals surface area contributed by atoms with E-state index in [1.54, 1.807) is 0 Å². The Balaban J connectivity index is 1.72. The van der Waals surface area contributed by atoms with Gasteiger partial charge in [0.05, 0.1) is 6.54 Å². The summed E-state index contributed by atoms with van der Waals surface area (Å²) in [4.78, 5) is 2.24. The second-order valence-corrected chi connectivity index (χ2v) is 5.10. The third kappa shape index (κ3) is 2.67. The molecular formula is C14H18N4O. The minimum absolute atomic E-state index is 0.578. The first-order valence-corrected chi connectivity index (χ1v) is 6.53. The molecule has 5 nitrogen and oxygen atoms in total. The van der Waals surface area contributed by atoms with Crippen molar-refractivity contribution in [2.75, 3.05) is 20.1 Å². The minimum atomic E-state index is 0.578. The summed E-state index contributed by atoms with van der Waals surface area (Å²) in [5.41, 5.74) is 2.17. The van der Waals surface area contributed by atoms with E-state index in [9.17, 15) is 0 Å². The van der Waals surface area contributed by atoms with Crippen molar-refractivity contribution in [2.45, 2.75) is 19.5 Å². The van der Waals surface area contributed by atoms with Gasteiger partial charge in [-0.05, 0) is 26.1 Å². The van der Waals surface area contributed by atoms with Crippen molar-refractivity contribution < 1.29 is 4.42 Å². The van der Waals surface area contributed by atoms with Crippen LogP contribution in [0.25, 0.3) is 11.5 Å². The van der Waals surface area contributed by atoms with E-state index in [0.717, 1.165) is 18.7 Å². The van der Waals surface area contributed by atoms with Gasteiger partial charge in [0.2, 0.25) is 11.8 Å². The number of rotatable bonds is 4. The monoisotopic (exact) mass is 258 g/mol. The van der Waals surface area contributed by atoms with Crippen LogP contribution in [0.3, 0.4) is 0 Å². The largest absolute Gasteiger partial charge is 0.419 e. The van der Waals surface area contributed by atoms with Gasteiger partial charge in [0.1, 0.15) is 0 Å². The maximum atomic E-state index is 5.73. The summed E-state index contributed by atoms with van der Waals surface area (Å²) < 4.78 is 5.73. The van der Waals surface area contributed by atoms with Crippen LogP contribution < -0.4 is 5.32 Å². The van der Waals surface area contributed by atoms with Crippen LogP contribution in [-0.4, -0.2) is 41.3 Å². The number of likely N-dealkylation sites (N-methyl/N-ethyl adjacent to an activating group) is 1. The Morgan fingerprint density at radius 1 is 1.37 bits per heavy atom. The van der Waals surface area contributed by atoms with Crippen LogP contribution in [0.5, 0.6) is 0 Å². The highest BCUT2D eigenvalue weighted by atomic mass is 16.4. The van der Waals surface area contributed by atoms with Gasteiger partial charge in [-0.15, -0.1) is 10.2 Å². The predicted octanol–water partition coefficient (Wildman–Crippen LogP) is 1.45. The van der Waals surface area contributed by atoms with E-state index in [-0.39, 0.29) is 0 Å². The van der Waals surface area contributed by atoms with E-state index in [4.69, 9.17) is 4.42 Å². The predicted molar refractivity (Wildman–Crippen MR) is 72.6 cm³/mol. The lowest BCUT2D eigenvalue weighted by atomic mass is 10.1. The molecule has 1 N–H and O–H groups in total. The number of benzene rings is 1. The van der Waals surface area contributed by atoms with Crippen molar-refractivity contribution in [3.63, 3.8) is 0 Å². The molecule has 3 rings (SSSR count). The molecule has 2 heterocycles. The lowest BCUT2D eigenvalue weighted by Crippen LogP contribution is -2.55. The molecule has 0 saturated carbocycles. The van der Waals surface area contributed by atoms with E-state index < -0.39 is 0 Å². The molecule has 1 aromatic carbocycles. The molecule has 5 heteroatoms. The Kier molecular flexibility index (Phi) is 3.31. The Morgan fingerprint density at radius 3 is 2.89 bits per heavy atom. The summed E-state index contributed by atoms with van der Waals surface area (Å²) in [6.07, 6.45) is 0. The maximum absolute atomic E-state index is 5.73. The summed E-state index contributed by atoms with van der Waals surface area (Å²) in [6.45, 7) is 4.83. The smallest absolute Gasteiger partial charge is 0.247 e. The molecule has 1 fully saturated rings. The van der Waals surface area contributed by atoms with E-state index in [0.29, 0.717) is 24.4 Å². The highest BCUT2D eigenvalue weighted by Gasteiger charge is 2.23. The van der Waals surface area contributed by atoms with Crippen molar-refractivity contribution in [1.29, 1.82) is 0 Å². The molecule has 1 aromatic heterocycles. The van der Waals surface area contributed by atoms with Gasteiger partial charge in [-0.3, -0.25) is 4.90 Å². The third-order valence-corrected chi connectivity index (χ3v) is 3.50. The van der Waals surface area contributed by atoms with Crippen LogP contribution in [0.2, 0.25) is 0 Å². The molecule has 0 atom stereocenters. The number of aryl methyl sites for hydroxylation is 1. The highest BCUT2D eigenvalue weighted by Crippen LogP contribution is 2.19. The normalized spacial score (nSPS) is 15.7. The first kappa shape index (κ1) is 12.3. The second-order valence-electron chi connectivity index (χ2n) is 5.10. The van der Waals surface area contributed by atoms with Crippen LogP contribution in [0, 0.1) is 6.92 Å². The number of nitrogens with zero attached hydrogens (tertiary/aromatic N) is 3. The molecule has 0 spiro atoms. The lowest BCUT2D eigenvalue weighted by molar-refractivity contribution is 0.160. The quantitative estimate of drug-likeness (QED) is 0.899. The van der Waals surface area contributed by atoms with Crippen molar-refractivity contribution in [1.82, 2.24) is 20.4 Å². The average molecular weight is 258 g/mol. The molecule has 0 radical (unpaired) electrons. The van der Waals surface area contributed by atoms with Gasteiger partial charge in [-0.25, -0.2) is 0 Å². The van der Waals surface area contributed by atoms with Gasteiger partial charge in [0.15, 0.2) is 0 Å². The topological polar surface area (TPSA) is 54.2 Å². The molecule has 19 heavy (non-hydrogen) atoms. The van der Waals surface area contributed by atoms with Crippen molar-refractivity contribution >= 4 is 0 Å². The summed E-state index contributed by atoms with van der Waals surface area (Å²) in [5, 5.41) is 11.5. The molecule has 100 valence electrons. The van der Waals surface area contributed by atoms with Crippen molar-refractivity contribution in [2.24, 2.45) is 0 Å². The zero-order valence-corrected chi connectivity index (χ0v) is 11.3. The van der Waals surface area contributed by atoms with Crippen molar-refractivity contribution in [3.05, 3.63) is 35.7 Å². The number of hydrogen-bond acceptors (Lipinski definition) is 5. The molecule has 1 saturated heterocycles. The fraction of sp³-hybridized carbons (Fsp3) is 0.429. The van der Waals surface area contributed by atoms with Crippen LogP contribution in [0.1, 0.15) is 11.5 Å². The summed E-state index contributed by atoms with van der Waals surface area (Å²) in [7, 11) is 2.09. The van der Waals surface area contributed by atoms with E-state index in [2.05, 4.69) is 46.5 Å². The van der Waals surface area contributed by atoms with Gasteiger partial charge >= 0.3 is 0 Å².